The van der Waals surface area contributed by atoms with Crippen LogP contribution in [0.5, 0.6) is 5.75 Å². The van der Waals surface area contributed by atoms with E-state index in [1.807, 2.05) is 6.92 Å². The second-order valence-electron chi connectivity index (χ2n) is 4.49. The van der Waals surface area contributed by atoms with Crippen molar-refractivity contribution in [3.8, 4) is 5.75 Å². The van der Waals surface area contributed by atoms with Crippen LogP contribution < -0.4 is 15.4 Å². The molecule has 0 radical (unpaired) electrons. The van der Waals surface area contributed by atoms with Gasteiger partial charge in [-0.15, -0.1) is 0 Å². The van der Waals surface area contributed by atoms with Gasteiger partial charge in [-0.05, 0) is 38.0 Å². The van der Waals surface area contributed by atoms with Crippen LogP contribution in [0.4, 0.5) is 5.69 Å². The van der Waals surface area contributed by atoms with Gasteiger partial charge in [0.1, 0.15) is 11.8 Å². The first-order valence-electron chi connectivity index (χ1n) is 6.00. The van der Waals surface area contributed by atoms with Gasteiger partial charge in [0.15, 0.2) is 0 Å². The Morgan fingerprint density at radius 3 is 2.83 bits per heavy atom. The number of hydrogen-bond donors (Lipinski definition) is 2. The molecule has 0 bridgehead atoms. The zero-order chi connectivity index (χ0) is 13.1. The molecule has 1 amide bonds. The smallest absolute Gasteiger partial charge is 0.242 e. The molecule has 1 aliphatic carbocycles. The fourth-order valence-corrected chi connectivity index (χ4v) is 1.82. The van der Waals surface area contributed by atoms with E-state index in [4.69, 9.17) is 16.3 Å². The number of carbonyl (C=O) groups excluding carboxylic acids is 1. The maximum Gasteiger partial charge on any atom is 0.242 e. The summed E-state index contributed by atoms with van der Waals surface area (Å²) in [5.74, 6) is 0.671. The van der Waals surface area contributed by atoms with Crippen LogP contribution in [0.15, 0.2) is 18.2 Å². The van der Waals surface area contributed by atoms with Gasteiger partial charge in [0.2, 0.25) is 5.91 Å². The van der Waals surface area contributed by atoms with Crippen molar-refractivity contribution in [2.24, 2.45) is 0 Å². The normalized spacial score (nSPS) is 15.9. The van der Waals surface area contributed by atoms with E-state index in [2.05, 4.69) is 10.6 Å². The van der Waals surface area contributed by atoms with E-state index in [0.29, 0.717) is 16.8 Å². The van der Waals surface area contributed by atoms with Crippen LogP contribution in [-0.2, 0) is 4.79 Å². The van der Waals surface area contributed by atoms with Crippen LogP contribution in [0.25, 0.3) is 0 Å². The molecule has 0 aliphatic heterocycles. The van der Waals surface area contributed by atoms with E-state index < -0.39 is 0 Å². The molecule has 1 fully saturated rings. The van der Waals surface area contributed by atoms with Crippen LogP contribution >= 0.6 is 11.6 Å². The van der Waals surface area contributed by atoms with Crippen LogP contribution in [0.3, 0.4) is 0 Å². The lowest BCUT2D eigenvalue weighted by Crippen LogP contribution is -2.38. The summed E-state index contributed by atoms with van der Waals surface area (Å²) >= 11 is 5.94. The summed E-state index contributed by atoms with van der Waals surface area (Å²) in [5.41, 5.74) is 0.725. The zero-order valence-electron chi connectivity index (χ0n) is 10.5. The third kappa shape index (κ3) is 3.29. The van der Waals surface area contributed by atoms with Crippen LogP contribution in [-0.4, -0.2) is 25.1 Å². The van der Waals surface area contributed by atoms with Gasteiger partial charge in [-0.1, -0.05) is 11.6 Å². The van der Waals surface area contributed by atoms with Crippen molar-refractivity contribution in [1.82, 2.24) is 5.32 Å². The lowest BCUT2D eigenvalue weighted by Gasteiger charge is -2.17. The SMILES string of the molecule is COc1ccc(Cl)cc1NC(C)C(=O)NC1CC1. The van der Waals surface area contributed by atoms with Gasteiger partial charge in [0.25, 0.3) is 0 Å². The Labute approximate surface area is 112 Å². The summed E-state index contributed by atoms with van der Waals surface area (Å²) in [6.45, 7) is 1.82. The highest BCUT2D eigenvalue weighted by Gasteiger charge is 2.25. The molecular weight excluding hydrogens is 252 g/mol. The first-order valence-corrected chi connectivity index (χ1v) is 6.38. The molecule has 1 aromatic carbocycles. The summed E-state index contributed by atoms with van der Waals surface area (Å²) in [6.07, 6.45) is 2.16. The molecule has 0 spiro atoms. The van der Waals surface area contributed by atoms with Crippen molar-refractivity contribution in [1.29, 1.82) is 0 Å². The average molecular weight is 269 g/mol. The standard InChI is InChI=1S/C13H17ClN2O2/c1-8(13(17)16-10-4-5-10)15-11-7-9(14)3-6-12(11)18-2/h3,6-8,10,15H,4-5H2,1-2H3,(H,16,17). The number of benzene rings is 1. The number of rotatable bonds is 5. The Hall–Kier alpha value is -1.42. The van der Waals surface area contributed by atoms with Gasteiger partial charge in [0, 0.05) is 11.1 Å². The molecule has 0 heterocycles. The number of carbonyl (C=O) groups is 1. The molecular formula is C13H17ClN2O2. The largest absolute Gasteiger partial charge is 0.495 e. The minimum absolute atomic E-state index is 0.000437. The Morgan fingerprint density at radius 2 is 2.22 bits per heavy atom. The predicted octanol–water partition coefficient (Wildman–Crippen LogP) is 2.43. The fourth-order valence-electron chi connectivity index (χ4n) is 1.65. The van der Waals surface area contributed by atoms with Crippen molar-refractivity contribution in [2.75, 3.05) is 12.4 Å². The summed E-state index contributed by atoms with van der Waals surface area (Å²) in [5, 5.41) is 6.67. The molecule has 1 aromatic rings. The van der Waals surface area contributed by atoms with E-state index in [0.717, 1.165) is 18.5 Å². The fraction of sp³-hybridized carbons (Fsp3) is 0.462. The third-order valence-electron chi connectivity index (χ3n) is 2.85. The molecule has 1 aliphatic rings. The van der Waals surface area contributed by atoms with E-state index in [1.54, 1.807) is 25.3 Å². The highest BCUT2D eigenvalue weighted by Crippen LogP contribution is 2.28. The summed E-state index contributed by atoms with van der Waals surface area (Å²) in [7, 11) is 1.59. The lowest BCUT2D eigenvalue weighted by atomic mass is 10.2. The number of amides is 1. The molecule has 0 aromatic heterocycles. The number of hydrogen-bond acceptors (Lipinski definition) is 3. The Bertz CT molecular complexity index is 447. The highest BCUT2D eigenvalue weighted by atomic mass is 35.5. The van der Waals surface area contributed by atoms with E-state index in [1.165, 1.54) is 0 Å². The second kappa shape index (κ2) is 5.48. The topological polar surface area (TPSA) is 50.4 Å². The van der Waals surface area contributed by atoms with Crippen LogP contribution in [0.1, 0.15) is 19.8 Å². The number of methoxy groups -OCH3 is 1. The summed E-state index contributed by atoms with van der Waals surface area (Å²) < 4.78 is 5.22. The van der Waals surface area contributed by atoms with Crippen LogP contribution in [0, 0.1) is 0 Å². The third-order valence-corrected chi connectivity index (χ3v) is 3.09. The first-order chi connectivity index (χ1) is 8.60. The molecule has 18 heavy (non-hydrogen) atoms. The molecule has 5 heteroatoms. The minimum atomic E-state index is -0.321. The Balaban J connectivity index is 2.02. The lowest BCUT2D eigenvalue weighted by molar-refractivity contribution is -0.121. The summed E-state index contributed by atoms with van der Waals surface area (Å²) in [4.78, 5) is 11.8. The van der Waals surface area contributed by atoms with Crippen LogP contribution in [0.2, 0.25) is 5.02 Å². The van der Waals surface area contributed by atoms with Crippen molar-refractivity contribution < 1.29 is 9.53 Å². The first kappa shape index (κ1) is 13.0. The van der Waals surface area contributed by atoms with E-state index in [-0.39, 0.29) is 11.9 Å². The molecule has 2 rings (SSSR count). The van der Waals surface area contributed by atoms with Gasteiger partial charge in [-0.3, -0.25) is 4.79 Å². The van der Waals surface area contributed by atoms with Gasteiger partial charge < -0.3 is 15.4 Å². The molecule has 1 atom stereocenters. The monoisotopic (exact) mass is 268 g/mol. The van der Waals surface area contributed by atoms with E-state index in [9.17, 15) is 4.79 Å². The quantitative estimate of drug-likeness (QED) is 0.862. The maximum absolute atomic E-state index is 11.8. The van der Waals surface area contributed by atoms with Gasteiger partial charge in [0.05, 0.1) is 12.8 Å². The Kier molecular flexibility index (Phi) is 3.97. The zero-order valence-corrected chi connectivity index (χ0v) is 11.3. The van der Waals surface area contributed by atoms with Gasteiger partial charge in [-0.2, -0.15) is 0 Å². The maximum atomic E-state index is 11.8. The van der Waals surface area contributed by atoms with Gasteiger partial charge >= 0.3 is 0 Å². The number of nitrogens with one attached hydrogen (secondary N) is 2. The molecule has 98 valence electrons. The molecule has 1 saturated carbocycles. The average Bonchev–Trinajstić information content (AvgIpc) is 3.13. The van der Waals surface area contributed by atoms with E-state index >= 15 is 0 Å². The van der Waals surface area contributed by atoms with Crippen molar-refractivity contribution in [2.45, 2.75) is 31.8 Å². The second-order valence-corrected chi connectivity index (χ2v) is 4.93. The minimum Gasteiger partial charge on any atom is -0.495 e. The predicted molar refractivity (Wildman–Crippen MR) is 72.3 cm³/mol. The molecule has 0 saturated heterocycles. The number of anilines is 1. The molecule has 2 N–H and O–H groups in total. The van der Waals surface area contributed by atoms with Crippen molar-refractivity contribution in [3.63, 3.8) is 0 Å². The molecule has 4 nitrogen and oxygen atoms in total. The van der Waals surface area contributed by atoms with Gasteiger partial charge in [-0.25, -0.2) is 0 Å². The number of halogens is 1. The van der Waals surface area contributed by atoms with Crippen molar-refractivity contribution in [3.05, 3.63) is 23.2 Å². The van der Waals surface area contributed by atoms with Crippen molar-refractivity contribution >= 4 is 23.2 Å². The Morgan fingerprint density at radius 1 is 1.50 bits per heavy atom. The summed E-state index contributed by atoms with van der Waals surface area (Å²) in [6, 6.07) is 5.32. The molecule has 1 unspecified atom stereocenters. The highest BCUT2D eigenvalue weighted by molar-refractivity contribution is 6.30. The number of ether oxygens (including phenoxy) is 1.